The molecule has 0 aromatic rings. The Morgan fingerprint density at radius 3 is 1.94 bits per heavy atom. The minimum absolute atomic E-state index is 0.0547. The Morgan fingerprint density at radius 1 is 0.677 bits per heavy atom. The molecule has 3 heterocycles. The first-order valence-corrected chi connectivity index (χ1v) is 10.2. The van der Waals surface area contributed by atoms with Crippen LogP contribution < -0.4 is 0 Å². The molecule has 13 heteroatoms. The molecule has 8 N–H and O–H groups in total. The van der Waals surface area contributed by atoms with Crippen LogP contribution in [0.1, 0.15) is 20.3 Å². The molecule has 31 heavy (non-hydrogen) atoms. The minimum Gasteiger partial charge on any atom is -0.394 e. The van der Waals surface area contributed by atoms with Crippen LogP contribution in [0, 0.1) is 0 Å². The summed E-state index contributed by atoms with van der Waals surface area (Å²) in [4.78, 5) is 0. The van der Waals surface area contributed by atoms with Crippen LogP contribution in [0.4, 0.5) is 0 Å². The van der Waals surface area contributed by atoms with E-state index < -0.39 is 92.6 Å². The van der Waals surface area contributed by atoms with Gasteiger partial charge in [0.1, 0.15) is 48.8 Å². The van der Waals surface area contributed by atoms with Gasteiger partial charge in [0.05, 0.1) is 24.9 Å². The maximum atomic E-state index is 10.7. The Kier molecular flexibility index (Phi) is 8.24. The fourth-order valence-corrected chi connectivity index (χ4v) is 3.88. The zero-order valence-corrected chi connectivity index (χ0v) is 17.1. The van der Waals surface area contributed by atoms with Crippen molar-refractivity contribution in [2.75, 3.05) is 6.61 Å². The zero-order valence-electron chi connectivity index (χ0n) is 17.1. The summed E-state index contributed by atoms with van der Waals surface area (Å²) in [6.45, 7) is 2.32. The van der Waals surface area contributed by atoms with Gasteiger partial charge in [-0.1, -0.05) is 0 Å². The first-order valence-electron chi connectivity index (χ1n) is 10.2. The van der Waals surface area contributed by atoms with E-state index in [1.807, 2.05) is 0 Å². The summed E-state index contributed by atoms with van der Waals surface area (Å²) in [6.07, 6.45) is -18.9. The van der Waals surface area contributed by atoms with Crippen molar-refractivity contribution < 1.29 is 64.5 Å². The fourth-order valence-electron chi connectivity index (χ4n) is 3.88. The van der Waals surface area contributed by atoms with Gasteiger partial charge in [0.25, 0.3) is 0 Å². The van der Waals surface area contributed by atoms with Crippen molar-refractivity contribution in [1.29, 1.82) is 0 Å². The second-order valence-corrected chi connectivity index (χ2v) is 8.20. The third-order valence-electron chi connectivity index (χ3n) is 5.89. The summed E-state index contributed by atoms with van der Waals surface area (Å²) in [5.41, 5.74) is 0. The van der Waals surface area contributed by atoms with E-state index in [4.69, 9.17) is 23.7 Å². The lowest BCUT2D eigenvalue weighted by atomic mass is 9.96. The molecule has 0 aromatic heterocycles. The topological polar surface area (TPSA) is 208 Å². The van der Waals surface area contributed by atoms with E-state index in [1.165, 1.54) is 6.92 Å². The zero-order chi connectivity index (χ0) is 23.0. The number of hydrogen-bond donors (Lipinski definition) is 8. The van der Waals surface area contributed by atoms with Crippen LogP contribution in [0.2, 0.25) is 0 Å². The van der Waals surface area contributed by atoms with Crippen LogP contribution in [0.15, 0.2) is 0 Å². The molecule has 14 atom stereocenters. The molecule has 0 aliphatic carbocycles. The third kappa shape index (κ3) is 5.19. The summed E-state index contributed by atoms with van der Waals surface area (Å²) >= 11 is 0. The number of aliphatic hydroxyl groups excluding tert-OH is 8. The van der Waals surface area contributed by atoms with Crippen LogP contribution in [0.5, 0.6) is 0 Å². The van der Waals surface area contributed by atoms with Gasteiger partial charge in [-0.25, -0.2) is 0 Å². The van der Waals surface area contributed by atoms with E-state index >= 15 is 0 Å². The van der Waals surface area contributed by atoms with Gasteiger partial charge in [-0.15, -0.1) is 0 Å². The molecule has 3 fully saturated rings. The van der Waals surface area contributed by atoms with E-state index in [0.29, 0.717) is 0 Å². The number of ether oxygens (including phenoxy) is 5. The minimum atomic E-state index is -1.70. The summed E-state index contributed by atoms with van der Waals surface area (Å²) in [5.74, 6) is 0. The molecule has 1 unspecified atom stereocenters. The van der Waals surface area contributed by atoms with Gasteiger partial charge in [0, 0.05) is 6.42 Å². The van der Waals surface area contributed by atoms with E-state index in [0.717, 1.165) is 0 Å². The molecular weight excluding hydrogens is 424 g/mol. The predicted molar refractivity (Wildman–Crippen MR) is 97.0 cm³/mol. The molecule has 0 saturated carbocycles. The Hall–Kier alpha value is -0.520. The van der Waals surface area contributed by atoms with Crippen LogP contribution >= 0.6 is 0 Å². The molecule has 0 bridgehead atoms. The summed E-state index contributed by atoms with van der Waals surface area (Å²) in [6, 6.07) is 0. The molecule has 182 valence electrons. The Morgan fingerprint density at radius 2 is 1.29 bits per heavy atom. The first-order chi connectivity index (χ1) is 14.5. The van der Waals surface area contributed by atoms with Gasteiger partial charge < -0.3 is 64.5 Å². The lowest BCUT2D eigenvalue weighted by molar-refractivity contribution is -0.372. The SMILES string of the molecule is C[C@@H]1OC(O)[C@@H](O)[C@H](O[C@H]2O[C@H](CO)[C@@H](O)[C@H](O[C@H]3O[C@H](C)[C@@H](O)C[C@H]3O)[C@@H]2O)[C@@H]1O. The Labute approximate surface area is 178 Å². The fraction of sp³-hybridized carbons (Fsp3) is 1.00. The highest BCUT2D eigenvalue weighted by Crippen LogP contribution is 2.31. The molecule has 0 aromatic carbocycles. The average molecular weight is 456 g/mol. The molecule has 0 radical (unpaired) electrons. The second kappa shape index (κ2) is 10.2. The van der Waals surface area contributed by atoms with Crippen molar-refractivity contribution in [3.63, 3.8) is 0 Å². The van der Waals surface area contributed by atoms with Gasteiger partial charge in [0.15, 0.2) is 18.9 Å². The van der Waals surface area contributed by atoms with Crippen LogP contribution in [-0.4, -0.2) is 133 Å². The van der Waals surface area contributed by atoms with E-state index in [2.05, 4.69) is 0 Å². The van der Waals surface area contributed by atoms with E-state index in [1.54, 1.807) is 6.92 Å². The average Bonchev–Trinajstić information content (AvgIpc) is 2.72. The molecular formula is C18H32O13. The molecule has 3 aliphatic heterocycles. The number of aliphatic hydroxyl groups is 8. The maximum absolute atomic E-state index is 10.7. The van der Waals surface area contributed by atoms with Crippen molar-refractivity contribution in [2.45, 2.75) is 106 Å². The summed E-state index contributed by atoms with van der Waals surface area (Å²) in [5, 5.41) is 80.9. The molecule has 13 nitrogen and oxygen atoms in total. The largest absolute Gasteiger partial charge is 0.394 e. The number of rotatable bonds is 5. The lowest BCUT2D eigenvalue weighted by Crippen LogP contribution is -2.65. The van der Waals surface area contributed by atoms with Crippen molar-refractivity contribution >= 4 is 0 Å². The maximum Gasteiger partial charge on any atom is 0.187 e. The monoisotopic (exact) mass is 456 g/mol. The van der Waals surface area contributed by atoms with E-state index in [-0.39, 0.29) is 6.42 Å². The van der Waals surface area contributed by atoms with Crippen molar-refractivity contribution in [3.05, 3.63) is 0 Å². The van der Waals surface area contributed by atoms with E-state index in [9.17, 15) is 40.9 Å². The molecule has 0 amide bonds. The van der Waals surface area contributed by atoms with Gasteiger partial charge in [-0.05, 0) is 13.8 Å². The number of hydrogen-bond acceptors (Lipinski definition) is 13. The summed E-state index contributed by atoms with van der Waals surface area (Å²) in [7, 11) is 0. The normalized spacial score (nSPS) is 54.0. The predicted octanol–water partition coefficient (Wildman–Crippen LogP) is -4.49. The highest BCUT2D eigenvalue weighted by Gasteiger charge is 2.51. The first kappa shape index (κ1) is 25.1. The standard InChI is InChI=1S/C18H32O13/c1-5-7(20)3-8(21)17(28-5)30-15-11(23)9(4-19)29-18(13(15)25)31-14-10(22)6(2)27-16(26)12(14)24/h5-26H,3-4H2,1-2H3/t5-,6+,7+,8-,9-,10-,11-,12+,13+,14-,15+,16?,17-,18-/m1/s1. The van der Waals surface area contributed by atoms with Gasteiger partial charge in [-0.2, -0.15) is 0 Å². The second-order valence-electron chi connectivity index (χ2n) is 8.20. The van der Waals surface area contributed by atoms with Gasteiger partial charge >= 0.3 is 0 Å². The third-order valence-corrected chi connectivity index (χ3v) is 5.89. The molecule has 3 saturated heterocycles. The summed E-state index contributed by atoms with van der Waals surface area (Å²) < 4.78 is 26.9. The highest BCUT2D eigenvalue weighted by molar-refractivity contribution is 4.94. The van der Waals surface area contributed by atoms with Crippen molar-refractivity contribution in [1.82, 2.24) is 0 Å². The molecule has 3 aliphatic rings. The van der Waals surface area contributed by atoms with Crippen molar-refractivity contribution in [3.8, 4) is 0 Å². The van der Waals surface area contributed by atoms with Gasteiger partial charge in [0.2, 0.25) is 0 Å². The van der Waals surface area contributed by atoms with Crippen LogP contribution in [0.3, 0.4) is 0 Å². The Bertz CT molecular complexity index is 567. The van der Waals surface area contributed by atoms with Crippen molar-refractivity contribution in [2.24, 2.45) is 0 Å². The highest BCUT2D eigenvalue weighted by atomic mass is 16.7. The Balaban J connectivity index is 1.75. The van der Waals surface area contributed by atoms with Crippen LogP contribution in [0.25, 0.3) is 0 Å². The molecule has 0 spiro atoms. The van der Waals surface area contributed by atoms with Crippen LogP contribution in [-0.2, 0) is 23.7 Å². The lowest BCUT2D eigenvalue weighted by Gasteiger charge is -2.47. The van der Waals surface area contributed by atoms with Gasteiger partial charge in [-0.3, -0.25) is 0 Å². The quantitative estimate of drug-likeness (QED) is 0.196. The smallest absolute Gasteiger partial charge is 0.187 e. The molecule has 3 rings (SSSR count).